The molecular formula is C15H21NO3. The summed E-state index contributed by atoms with van der Waals surface area (Å²) in [6.07, 6.45) is 2.71. The van der Waals surface area contributed by atoms with Crippen molar-refractivity contribution in [3.63, 3.8) is 0 Å². The fourth-order valence-electron chi connectivity index (χ4n) is 2.53. The van der Waals surface area contributed by atoms with Gasteiger partial charge in [0.25, 0.3) is 0 Å². The molecule has 0 saturated heterocycles. The second-order valence-electron chi connectivity index (χ2n) is 5.04. The first-order valence-corrected chi connectivity index (χ1v) is 6.69. The largest absolute Gasteiger partial charge is 0.494 e. The number of benzene rings is 1. The van der Waals surface area contributed by atoms with Crippen LogP contribution in [0.1, 0.15) is 19.3 Å². The molecule has 1 aromatic rings. The zero-order chi connectivity index (χ0) is 13.7. The monoisotopic (exact) mass is 263 g/mol. The molecule has 19 heavy (non-hydrogen) atoms. The number of methoxy groups -OCH3 is 1. The van der Waals surface area contributed by atoms with E-state index >= 15 is 0 Å². The molecule has 4 nitrogen and oxygen atoms in total. The smallest absolute Gasteiger partial charge is 0.313 e. The fourth-order valence-corrected chi connectivity index (χ4v) is 2.53. The van der Waals surface area contributed by atoms with Crippen molar-refractivity contribution in [3.8, 4) is 5.75 Å². The van der Waals surface area contributed by atoms with Crippen LogP contribution in [0.2, 0.25) is 0 Å². The molecule has 1 aromatic carbocycles. The van der Waals surface area contributed by atoms with Gasteiger partial charge in [0.1, 0.15) is 5.75 Å². The maximum absolute atomic E-state index is 12.0. The predicted octanol–water partition coefficient (Wildman–Crippen LogP) is 1.98. The minimum absolute atomic E-state index is 0.200. The van der Waals surface area contributed by atoms with Crippen molar-refractivity contribution >= 4 is 5.97 Å². The number of nitrogens with two attached hydrogens (primary N) is 1. The third-order valence-electron chi connectivity index (χ3n) is 3.88. The zero-order valence-corrected chi connectivity index (χ0v) is 11.3. The number of carbonyl (C=O) groups excluding carboxylic acids is 1. The number of ether oxygens (including phenoxy) is 2. The lowest BCUT2D eigenvalue weighted by Gasteiger charge is -2.29. The van der Waals surface area contributed by atoms with Gasteiger partial charge < -0.3 is 15.2 Å². The van der Waals surface area contributed by atoms with Crippen LogP contribution in [0.5, 0.6) is 5.75 Å². The molecule has 0 radical (unpaired) electrons. The summed E-state index contributed by atoms with van der Waals surface area (Å²) in [5, 5.41) is 0. The Hall–Kier alpha value is -1.55. The molecule has 104 valence electrons. The predicted molar refractivity (Wildman–Crippen MR) is 72.8 cm³/mol. The van der Waals surface area contributed by atoms with E-state index in [4.69, 9.17) is 15.2 Å². The molecule has 4 heteroatoms. The van der Waals surface area contributed by atoms with Crippen molar-refractivity contribution in [1.82, 2.24) is 0 Å². The van der Waals surface area contributed by atoms with Crippen molar-refractivity contribution in [2.75, 3.05) is 20.3 Å². The topological polar surface area (TPSA) is 61.5 Å². The standard InChI is InChI=1S/C15H21NO3/c1-18-14(17)15(11-16,12-7-8-12)9-10-19-13-5-3-2-4-6-13/h2-6,12H,7-11,16H2,1H3. The Morgan fingerprint density at radius 3 is 2.58 bits per heavy atom. The Labute approximate surface area is 113 Å². The van der Waals surface area contributed by atoms with Gasteiger partial charge in [-0.2, -0.15) is 0 Å². The van der Waals surface area contributed by atoms with Crippen molar-refractivity contribution in [2.24, 2.45) is 17.1 Å². The van der Waals surface area contributed by atoms with Crippen LogP contribution in [0, 0.1) is 11.3 Å². The van der Waals surface area contributed by atoms with E-state index in [0.29, 0.717) is 25.5 Å². The summed E-state index contributed by atoms with van der Waals surface area (Å²) in [6.45, 7) is 0.801. The summed E-state index contributed by atoms with van der Waals surface area (Å²) in [5.41, 5.74) is 5.28. The molecule has 1 saturated carbocycles. The lowest BCUT2D eigenvalue weighted by atomic mass is 9.79. The van der Waals surface area contributed by atoms with Crippen LogP contribution in [0.3, 0.4) is 0 Å². The molecule has 1 aliphatic carbocycles. The van der Waals surface area contributed by atoms with Gasteiger partial charge >= 0.3 is 5.97 Å². The molecule has 2 rings (SSSR count). The van der Waals surface area contributed by atoms with E-state index in [2.05, 4.69) is 0 Å². The van der Waals surface area contributed by atoms with Crippen LogP contribution in [0.25, 0.3) is 0 Å². The van der Waals surface area contributed by atoms with Gasteiger partial charge in [0.15, 0.2) is 0 Å². The molecule has 1 fully saturated rings. The van der Waals surface area contributed by atoms with Crippen molar-refractivity contribution in [2.45, 2.75) is 19.3 Å². The normalized spacial score (nSPS) is 17.6. The highest BCUT2D eigenvalue weighted by Gasteiger charge is 2.50. The number of para-hydroxylation sites is 1. The van der Waals surface area contributed by atoms with Crippen LogP contribution in [0.4, 0.5) is 0 Å². The van der Waals surface area contributed by atoms with Crippen molar-refractivity contribution < 1.29 is 14.3 Å². The minimum atomic E-state index is -0.566. The second-order valence-corrected chi connectivity index (χ2v) is 5.04. The van der Waals surface area contributed by atoms with Crippen LogP contribution < -0.4 is 10.5 Å². The van der Waals surface area contributed by atoms with E-state index in [1.54, 1.807) is 0 Å². The number of rotatable bonds is 7. The Morgan fingerprint density at radius 1 is 1.37 bits per heavy atom. The third-order valence-corrected chi connectivity index (χ3v) is 3.88. The van der Waals surface area contributed by atoms with Gasteiger partial charge in [-0.05, 0) is 37.3 Å². The molecule has 0 amide bonds. The lowest BCUT2D eigenvalue weighted by molar-refractivity contribution is -0.154. The average molecular weight is 263 g/mol. The summed E-state index contributed by atoms with van der Waals surface area (Å²) >= 11 is 0. The Kier molecular flexibility index (Phi) is 4.43. The molecular weight excluding hydrogens is 242 g/mol. The van der Waals surface area contributed by atoms with E-state index < -0.39 is 5.41 Å². The summed E-state index contributed by atoms with van der Waals surface area (Å²) in [6, 6.07) is 9.59. The summed E-state index contributed by atoms with van der Waals surface area (Å²) < 4.78 is 10.6. The van der Waals surface area contributed by atoms with Crippen molar-refractivity contribution in [3.05, 3.63) is 30.3 Å². The maximum atomic E-state index is 12.0. The summed E-state index contributed by atoms with van der Waals surface area (Å²) in [7, 11) is 1.42. The second kappa shape index (κ2) is 6.06. The first-order chi connectivity index (χ1) is 9.23. The molecule has 1 aliphatic rings. The highest BCUT2D eigenvalue weighted by molar-refractivity contribution is 5.78. The van der Waals surface area contributed by atoms with E-state index in [-0.39, 0.29) is 5.97 Å². The number of hydrogen-bond acceptors (Lipinski definition) is 4. The van der Waals surface area contributed by atoms with Gasteiger partial charge in [0, 0.05) is 6.54 Å². The first kappa shape index (κ1) is 13.9. The molecule has 0 heterocycles. The highest BCUT2D eigenvalue weighted by Crippen LogP contribution is 2.48. The molecule has 0 bridgehead atoms. The highest BCUT2D eigenvalue weighted by atomic mass is 16.5. The van der Waals surface area contributed by atoms with Crippen molar-refractivity contribution in [1.29, 1.82) is 0 Å². The molecule has 0 aromatic heterocycles. The van der Waals surface area contributed by atoms with Gasteiger partial charge in [-0.15, -0.1) is 0 Å². The average Bonchev–Trinajstić information content (AvgIpc) is 3.29. The molecule has 0 spiro atoms. The van der Waals surface area contributed by atoms with Gasteiger partial charge in [-0.3, -0.25) is 4.79 Å². The van der Waals surface area contributed by atoms with E-state index in [0.717, 1.165) is 18.6 Å². The zero-order valence-electron chi connectivity index (χ0n) is 11.3. The van der Waals surface area contributed by atoms with Gasteiger partial charge in [0.05, 0.1) is 19.1 Å². The van der Waals surface area contributed by atoms with E-state index in [1.807, 2.05) is 30.3 Å². The van der Waals surface area contributed by atoms with Crippen LogP contribution >= 0.6 is 0 Å². The first-order valence-electron chi connectivity index (χ1n) is 6.69. The molecule has 0 aliphatic heterocycles. The Morgan fingerprint density at radius 2 is 2.05 bits per heavy atom. The number of esters is 1. The van der Waals surface area contributed by atoms with Gasteiger partial charge in [-0.1, -0.05) is 18.2 Å². The minimum Gasteiger partial charge on any atom is -0.494 e. The van der Waals surface area contributed by atoms with Crippen LogP contribution in [-0.2, 0) is 9.53 Å². The SMILES string of the molecule is COC(=O)C(CN)(CCOc1ccccc1)C1CC1. The quantitative estimate of drug-likeness (QED) is 0.764. The Balaban J connectivity index is 1.95. The molecule has 2 N–H and O–H groups in total. The maximum Gasteiger partial charge on any atom is 0.313 e. The number of carbonyl (C=O) groups is 1. The third kappa shape index (κ3) is 3.07. The fraction of sp³-hybridized carbons (Fsp3) is 0.533. The van der Waals surface area contributed by atoms with Gasteiger partial charge in [-0.25, -0.2) is 0 Å². The Bertz CT molecular complexity index is 417. The number of hydrogen-bond donors (Lipinski definition) is 1. The summed E-state index contributed by atoms with van der Waals surface area (Å²) in [5.74, 6) is 0.965. The van der Waals surface area contributed by atoms with Gasteiger partial charge in [0.2, 0.25) is 0 Å². The molecule has 1 unspecified atom stereocenters. The molecule has 1 atom stereocenters. The van der Waals surface area contributed by atoms with Crippen LogP contribution in [-0.4, -0.2) is 26.2 Å². The summed E-state index contributed by atoms with van der Waals surface area (Å²) in [4.78, 5) is 12.0. The van der Waals surface area contributed by atoms with Crippen LogP contribution in [0.15, 0.2) is 30.3 Å². The van der Waals surface area contributed by atoms with E-state index in [9.17, 15) is 4.79 Å². The van der Waals surface area contributed by atoms with E-state index in [1.165, 1.54) is 7.11 Å². The lowest BCUT2D eigenvalue weighted by Crippen LogP contribution is -2.42.